The molecule has 1 saturated carbocycles. The summed E-state index contributed by atoms with van der Waals surface area (Å²) < 4.78 is 1.89. The number of imidazole rings is 1. The monoisotopic (exact) mass is 298 g/mol. The van der Waals surface area contributed by atoms with Crippen molar-refractivity contribution < 1.29 is 4.79 Å². The highest BCUT2D eigenvalue weighted by atomic mass is 16.1. The van der Waals surface area contributed by atoms with Crippen molar-refractivity contribution in [1.82, 2.24) is 14.5 Å². The number of aryl methyl sites for hydroxylation is 1. The zero-order valence-corrected chi connectivity index (χ0v) is 12.7. The van der Waals surface area contributed by atoms with Crippen molar-refractivity contribution >= 4 is 11.6 Å². The number of nitrogens with zero attached hydrogens (tertiary/aromatic N) is 3. The molecular weight excluding hydrogens is 276 g/mol. The second kappa shape index (κ2) is 7.20. The molecular formula is C17H22N4O. The van der Waals surface area contributed by atoms with Crippen molar-refractivity contribution in [3.05, 3.63) is 42.7 Å². The molecule has 0 unspecified atom stereocenters. The summed E-state index contributed by atoms with van der Waals surface area (Å²) >= 11 is 0. The van der Waals surface area contributed by atoms with Crippen LogP contribution in [-0.4, -0.2) is 20.4 Å². The molecule has 0 radical (unpaired) electrons. The zero-order valence-electron chi connectivity index (χ0n) is 12.7. The number of hydrogen-bond acceptors (Lipinski definition) is 3. The largest absolute Gasteiger partial charge is 0.337 e. The van der Waals surface area contributed by atoms with Gasteiger partial charge in [0.2, 0.25) is 5.91 Å². The van der Waals surface area contributed by atoms with Crippen molar-refractivity contribution in [2.24, 2.45) is 0 Å². The predicted molar refractivity (Wildman–Crippen MR) is 85.5 cm³/mol. The van der Waals surface area contributed by atoms with Gasteiger partial charge in [0.1, 0.15) is 0 Å². The van der Waals surface area contributed by atoms with Crippen LogP contribution in [0.4, 0.5) is 5.69 Å². The van der Waals surface area contributed by atoms with E-state index in [1.54, 1.807) is 18.7 Å². The molecule has 2 heterocycles. The summed E-state index contributed by atoms with van der Waals surface area (Å²) in [4.78, 5) is 20.4. The first-order valence-electron chi connectivity index (χ1n) is 8.03. The number of anilines is 1. The lowest BCUT2D eigenvalue weighted by Gasteiger charge is -2.21. The molecule has 2 aromatic rings. The van der Waals surface area contributed by atoms with Gasteiger partial charge in [-0.25, -0.2) is 4.98 Å². The average molecular weight is 298 g/mol. The molecule has 0 bridgehead atoms. The van der Waals surface area contributed by atoms with E-state index in [0.717, 1.165) is 11.4 Å². The van der Waals surface area contributed by atoms with Gasteiger partial charge in [-0.2, -0.15) is 0 Å². The van der Waals surface area contributed by atoms with Gasteiger partial charge in [-0.3, -0.25) is 9.78 Å². The normalized spacial score (nSPS) is 15.6. The zero-order chi connectivity index (χ0) is 15.2. The summed E-state index contributed by atoms with van der Waals surface area (Å²) in [5.74, 6) is 0.598. The molecule has 0 aliphatic heterocycles. The highest BCUT2D eigenvalue weighted by Crippen LogP contribution is 2.31. The lowest BCUT2D eigenvalue weighted by atomic mass is 9.87. The van der Waals surface area contributed by atoms with Crippen LogP contribution in [0.25, 0.3) is 0 Å². The molecule has 2 aromatic heterocycles. The number of rotatable bonds is 5. The summed E-state index contributed by atoms with van der Waals surface area (Å²) in [6.45, 7) is 0.638. The van der Waals surface area contributed by atoms with E-state index >= 15 is 0 Å². The topological polar surface area (TPSA) is 59.8 Å². The third-order valence-electron chi connectivity index (χ3n) is 4.25. The molecule has 22 heavy (non-hydrogen) atoms. The van der Waals surface area contributed by atoms with Crippen molar-refractivity contribution in [3.8, 4) is 0 Å². The Morgan fingerprint density at radius 1 is 1.27 bits per heavy atom. The van der Waals surface area contributed by atoms with Gasteiger partial charge in [-0.1, -0.05) is 19.3 Å². The second-order valence-electron chi connectivity index (χ2n) is 5.91. The smallest absolute Gasteiger partial charge is 0.226 e. The van der Waals surface area contributed by atoms with Crippen molar-refractivity contribution in [3.63, 3.8) is 0 Å². The Balaban J connectivity index is 1.50. The van der Waals surface area contributed by atoms with E-state index in [-0.39, 0.29) is 5.91 Å². The average Bonchev–Trinajstić information content (AvgIpc) is 3.08. The van der Waals surface area contributed by atoms with E-state index in [1.807, 2.05) is 16.8 Å². The summed E-state index contributed by atoms with van der Waals surface area (Å²) in [5, 5.41) is 2.90. The first-order chi connectivity index (χ1) is 10.8. The van der Waals surface area contributed by atoms with Crippen LogP contribution in [0.15, 0.2) is 37.1 Å². The number of hydrogen-bond donors (Lipinski definition) is 1. The fraction of sp³-hybridized carbons (Fsp3) is 0.471. The first-order valence-corrected chi connectivity index (χ1v) is 8.03. The minimum atomic E-state index is 0.000849. The first kappa shape index (κ1) is 14.8. The molecule has 5 heteroatoms. The minimum Gasteiger partial charge on any atom is -0.337 e. The van der Waals surface area contributed by atoms with Gasteiger partial charge in [0.25, 0.3) is 0 Å². The van der Waals surface area contributed by atoms with Crippen LogP contribution < -0.4 is 5.32 Å². The van der Waals surface area contributed by atoms with Gasteiger partial charge >= 0.3 is 0 Å². The molecule has 0 atom stereocenters. The third-order valence-corrected chi connectivity index (χ3v) is 4.25. The number of carbonyl (C=O) groups excluding carboxylic acids is 1. The fourth-order valence-corrected chi connectivity index (χ4v) is 2.99. The van der Waals surface area contributed by atoms with Crippen molar-refractivity contribution in [1.29, 1.82) is 0 Å². The van der Waals surface area contributed by atoms with Crippen LogP contribution in [0.5, 0.6) is 0 Å². The lowest BCUT2D eigenvalue weighted by Crippen LogP contribution is -2.14. The highest BCUT2D eigenvalue weighted by molar-refractivity contribution is 5.90. The molecule has 1 aliphatic rings. The third kappa shape index (κ3) is 3.93. The quantitative estimate of drug-likeness (QED) is 0.920. The van der Waals surface area contributed by atoms with Gasteiger partial charge < -0.3 is 9.88 Å². The van der Waals surface area contributed by atoms with Crippen LogP contribution in [-0.2, 0) is 11.3 Å². The Hall–Kier alpha value is -2.17. The SMILES string of the molecule is O=C(CCn1ccnc1)Nc1ccc(C2CCCCC2)nc1. The minimum absolute atomic E-state index is 0.000849. The number of pyridine rings is 1. The molecule has 3 rings (SSSR count). The van der Waals surface area contributed by atoms with Gasteiger partial charge in [0.15, 0.2) is 0 Å². The van der Waals surface area contributed by atoms with Crippen LogP contribution >= 0.6 is 0 Å². The van der Waals surface area contributed by atoms with E-state index in [1.165, 1.54) is 32.1 Å². The number of carbonyl (C=O) groups is 1. The number of amides is 1. The Morgan fingerprint density at radius 3 is 2.82 bits per heavy atom. The Bertz CT molecular complexity index is 586. The molecule has 1 N–H and O–H groups in total. The van der Waals surface area contributed by atoms with Crippen LogP contribution in [0.3, 0.4) is 0 Å². The van der Waals surface area contributed by atoms with Gasteiger partial charge in [0.05, 0.1) is 18.2 Å². The van der Waals surface area contributed by atoms with Crippen LogP contribution in [0.1, 0.15) is 50.1 Å². The van der Waals surface area contributed by atoms with Crippen molar-refractivity contribution in [2.45, 2.75) is 51.0 Å². The Kier molecular flexibility index (Phi) is 4.83. The summed E-state index contributed by atoms with van der Waals surface area (Å²) in [7, 11) is 0. The Labute approximate surface area is 130 Å². The van der Waals surface area contributed by atoms with E-state index in [4.69, 9.17) is 0 Å². The summed E-state index contributed by atoms with van der Waals surface area (Å²) in [5.41, 5.74) is 1.94. The van der Waals surface area contributed by atoms with E-state index in [0.29, 0.717) is 18.9 Å². The predicted octanol–water partition coefficient (Wildman–Crippen LogP) is 3.35. The van der Waals surface area contributed by atoms with Gasteiger partial charge in [-0.15, -0.1) is 0 Å². The standard InChI is InChI=1S/C17H22N4O/c22-17(8-10-21-11-9-18-13-21)20-15-6-7-16(19-12-15)14-4-2-1-3-5-14/h6-7,9,11-14H,1-5,8,10H2,(H,20,22). The molecule has 1 amide bonds. The van der Waals surface area contributed by atoms with E-state index in [9.17, 15) is 4.79 Å². The lowest BCUT2D eigenvalue weighted by molar-refractivity contribution is -0.116. The van der Waals surface area contributed by atoms with E-state index in [2.05, 4.69) is 21.4 Å². The summed E-state index contributed by atoms with van der Waals surface area (Å²) in [6, 6.07) is 4.02. The molecule has 0 spiro atoms. The molecule has 0 saturated heterocycles. The molecule has 0 aromatic carbocycles. The Morgan fingerprint density at radius 2 is 2.14 bits per heavy atom. The maximum absolute atomic E-state index is 11.9. The van der Waals surface area contributed by atoms with Crippen LogP contribution in [0.2, 0.25) is 0 Å². The van der Waals surface area contributed by atoms with E-state index < -0.39 is 0 Å². The highest BCUT2D eigenvalue weighted by Gasteiger charge is 2.16. The van der Waals surface area contributed by atoms with Crippen molar-refractivity contribution in [2.75, 3.05) is 5.32 Å². The fourth-order valence-electron chi connectivity index (χ4n) is 2.99. The maximum atomic E-state index is 11.9. The molecule has 1 fully saturated rings. The van der Waals surface area contributed by atoms with Gasteiger partial charge in [0, 0.05) is 37.0 Å². The van der Waals surface area contributed by atoms with Gasteiger partial charge in [-0.05, 0) is 25.0 Å². The number of nitrogens with one attached hydrogen (secondary N) is 1. The van der Waals surface area contributed by atoms with Crippen LogP contribution in [0, 0.1) is 0 Å². The number of aromatic nitrogens is 3. The molecule has 5 nitrogen and oxygen atoms in total. The molecule has 1 aliphatic carbocycles. The maximum Gasteiger partial charge on any atom is 0.226 e. The second-order valence-corrected chi connectivity index (χ2v) is 5.91. The summed E-state index contributed by atoms with van der Waals surface area (Å²) in [6.07, 6.45) is 13.9. The molecule has 116 valence electrons.